The highest BCUT2D eigenvalue weighted by molar-refractivity contribution is 9.10. The Kier molecular flexibility index (Phi) is 4.79. The molecule has 2 aromatic rings. The fourth-order valence-electron chi connectivity index (χ4n) is 1.91. The molecule has 0 atom stereocenters. The van der Waals surface area contributed by atoms with Crippen LogP contribution in [0.3, 0.4) is 0 Å². The van der Waals surface area contributed by atoms with Crippen LogP contribution in [0.25, 0.3) is 0 Å². The van der Waals surface area contributed by atoms with Crippen LogP contribution in [0.2, 0.25) is 0 Å². The van der Waals surface area contributed by atoms with Crippen LogP contribution in [0.5, 0.6) is 0 Å². The second kappa shape index (κ2) is 6.57. The zero-order valence-corrected chi connectivity index (χ0v) is 13.1. The van der Waals surface area contributed by atoms with Gasteiger partial charge in [0.2, 0.25) is 5.91 Å². The van der Waals surface area contributed by atoms with E-state index in [1.807, 2.05) is 37.3 Å². The van der Waals surface area contributed by atoms with E-state index in [1.165, 1.54) is 12.5 Å². The third-order valence-electron chi connectivity index (χ3n) is 2.95. The van der Waals surface area contributed by atoms with Crippen molar-refractivity contribution in [2.24, 2.45) is 0 Å². The van der Waals surface area contributed by atoms with Crippen molar-refractivity contribution in [2.45, 2.75) is 20.4 Å². The minimum absolute atomic E-state index is 0.0522. The number of carbonyl (C=O) groups excluding carboxylic acids is 1. The largest absolute Gasteiger partial charge is 0.381 e. The molecule has 3 nitrogen and oxygen atoms in total. The van der Waals surface area contributed by atoms with Crippen molar-refractivity contribution in [3.63, 3.8) is 0 Å². The first-order valence-electron chi connectivity index (χ1n) is 6.41. The summed E-state index contributed by atoms with van der Waals surface area (Å²) in [5.41, 5.74) is 4.16. The Morgan fingerprint density at radius 3 is 2.45 bits per heavy atom. The summed E-state index contributed by atoms with van der Waals surface area (Å²) in [6.07, 6.45) is 0. The van der Waals surface area contributed by atoms with Crippen molar-refractivity contribution in [3.8, 4) is 0 Å². The van der Waals surface area contributed by atoms with Crippen LogP contribution in [-0.2, 0) is 11.3 Å². The van der Waals surface area contributed by atoms with Gasteiger partial charge in [-0.1, -0.05) is 28.1 Å². The van der Waals surface area contributed by atoms with Crippen LogP contribution in [0.4, 0.5) is 11.4 Å². The minimum Gasteiger partial charge on any atom is -0.381 e. The van der Waals surface area contributed by atoms with Crippen molar-refractivity contribution in [1.29, 1.82) is 0 Å². The monoisotopic (exact) mass is 332 g/mol. The van der Waals surface area contributed by atoms with Gasteiger partial charge >= 0.3 is 0 Å². The number of rotatable bonds is 4. The Balaban J connectivity index is 2.01. The molecule has 20 heavy (non-hydrogen) atoms. The summed E-state index contributed by atoms with van der Waals surface area (Å²) in [6.45, 7) is 4.27. The number of carbonyl (C=O) groups is 1. The van der Waals surface area contributed by atoms with Gasteiger partial charge in [-0.15, -0.1) is 0 Å². The molecule has 0 unspecified atom stereocenters. The average molecular weight is 333 g/mol. The third-order valence-corrected chi connectivity index (χ3v) is 3.48. The molecule has 0 spiro atoms. The zero-order chi connectivity index (χ0) is 14.5. The van der Waals surface area contributed by atoms with Crippen molar-refractivity contribution in [2.75, 3.05) is 10.6 Å². The van der Waals surface area contributed by atoms with E-state index in [-0.39, 0.29) is 5.91 Å². The highest BCUT2D eigenvalue weighted by Gasteiger charge is 2.02. The van der Waals surface area contributed by atoms with Gasteiger partial charge in [-0.3, -0.25) is 4.79 Å². The van der Waals surface area contributed by atoms with Crippen LogP contribution in [0.15, 0.2) is 46.9 Å². The van der Waals surface area contributed by atoms with Gasteiger partial charge in [0.05, 0.1) is 0 Å². The molecule has 1 amide bonds. The quantitative estimate of drug-likeness (QED) is 0.874. The first-order chi connectivity index (χ1) is 9.54. The molecule has 0 heterocycles. The number of amides is 1. The lowest BCUT2D eigenvalue weighted by molar-refractivity contribution is -0.114. The lowest BCUT2D eigenvalue weighted by atomic mass is 10.1. The number of anilines is 2. The molecule has 2 rings (SSSR count). The molecule has 0 radical (unpaired) electrons. The van der Waals surface area contributed by atoms with Gasteiger partial charge < -0.3 is 10.6 Å². The van der Waals surface area contributed by atoms with Crippen LogP contribution in [0.1, 0.15) is 18.1 Å². The van der Waals surface area contributed by atoms with Gasteiger partial charge in [0, 0.05) is 29.3 Å². The predicted octanol–water partition coefficient (Wildman–Crippen LogP) is 4.33. The van der Waals surface area contributed by atoms with Gasteiger partial charge in [0.15, 0.2) is 0 Å². The fourth-order valence-corrected chi connectivity index (χ4v) is 2.17. The van der Waals surface area contributed by atoms with Crippen molar-refractivity contribution < 1.29 is 4.79 Å². The first-order valence-corrected chi connectivity index (χ1v) is 7.20. The molecular weight excluding hydrogens is 316 g/mol. The van der Waals surface area contributed by atoms with Crippen LogP contribution in [0, 0.1) is 6.92 Å². The molecule has 2 N–H and O–H groups in total. The number of aryl methyl sites for hydroxylation is 1. The summed E-state index contributed by atoms with van der Waals surface area (Å²) in [6, 6.07) is 14.1. The van der Waals surface area contributed by atoms with E-state index in [1.54, 1.807) is 0 Å². The van der Waals surface area contributed by atoms with E-state index in [0.717, 1.165) is 28.0 Å². The maximum Gasteiger partial charge on any atom is 0.221 e. The van der Waals surface area contributed by atoms with Crippen LogP contribution >= 0.6 is 15.9 Å². The highest BCUT2D eigenvalue weighted by atomic mass is 79.9. The standard InChI is InChI=1S/C16H17BrN2O/c1-11-9-15(7-8-16(11)19-12(2)20)18-10-13-3-5-14(17)6-4-13/h3-9,18H,10H2,1-2H3,(H,19,20). The number of nitrogens with one attached hydrogen (secondary N) is 2. The molecular formula is C16H17BrN2O. The van der Waals surface area contributed by atoms with E-state index in [9.17, 15) is 4.79 Å². The van der Waals surface area contributed by atoms with E-state index >= 15 is 0 Å². The van der Waals surface area contributed by atoms with Gasteiger partial charge in [0.25, 0.3) is 0 Å². The van der Waals surface area contributed by atoms with E-state index in [0.29, 0.717) is 0 Å². The summed E-state index contributed by atoms with van der Waals surface area (Å²) in [5, 5.41) is 6.18. The van der Waals surface area contributed by atoms with Gasteiger partial charge in [-0.25, -0.2) is 0 Å². The Hall–Kier alpha value is -1.81. The van der Waals surface area contributed by atoms with Gasteiger partial charge in [-0.05, 0) is 48.4 Å². The lowest BCUT2D eigenvalue weighted by Gasteiger charge is -2.11. The minimum atomic E-state index is -0.0522. The number of hydrogen-bond donors (Lipinski definition) is 2. The number of halogens is 1. The maximum absolute atomic E-state index is 11.1. The molecule has 4 heteroatoms. The summed E-state index contributed by atoms with van der Waals surface area (Å²) < 4.78 is 1.08. The topological polar surface area (TPSA) is 41.1 Å². The zero-order valence-electron chi connectivity index (χ0n) is 11.5. The Morgan fingerprint density at radius 1 is 1.15 bits per heavy atom. The summed E-state index contributed by atoms with van der Waals surface area (Å²) in [7, 11) is 0. The average Bonchev–Trinajstić information content (AvgIpc) is 2.40. The van der Waals surface area contributed by atoms with E-state index in [4.69, 9.17) is 0 Å². The molecule has 2 aromatic carbocycles. The normalized spacial score (nSPS) is 10.2. The molecule has 104 valence electrons. The Bertz CT molecular complexity index is 608. The molecule has 0 aromatic heterocycles. The molecule has 0 saturated carbocycles. The SMILES string of the molecule is CC(=O)Nc1ccc(NCc2ccc(Br)cc2)cc1C. The molecule has 0 bridgehead atoms. The van der Waals surface area contributed by atoms with Gasteiger partial charge in [0.1, 0.15) is 0 Å². The lowest BCUT2D eigenvalue weighted by Crippen LogP contribution is -2.07. The second-order valence-electron chi connectivity index (χ2n) is 4.69. The van der Waals surface area contributed by atoms with E-state index in [2.05, 4.69) is 38.7 Å². The van der Waals surface area contributed by atoms with Gasteiger partial charge in [-0.2, -0.15) is 0 Å². The molecule has 0 fully saturated rings. The Morgan fingerprint density at radius 2 is 1.85 bits per heavy atom. The Labute approximate surface area is 127 Å². The molecule has 0 aliphatic heterocycles. The third kappa shape index (κ3) is 4.10. The fraction of sp³-hybridized carbons (Fsp3) is 0.188. The number of hydrogen-bond acceptors (Lipinski definition) is 2. The van der Waals surface area contributed by atoms with Crippen molar-refractivity contribution >= 4 is 33.2 Å². The summed E-state index contributed by atoms with van der Waals surface area (Å²) >= 11 is 3.42. The number of benzene rings is 2. The van der Waals surface area contributed by atoms with Crippen molar-refractivity contribution in [3.05, 3.63) is 58.1 Å². The smallest absolute Gasteiger partial charge is 0.221 e. The van der Waals surface area contributed by atoms with E-state index < -0.39 is 0 Å². The van der Waals surface area contributed by atoms with Crippen LogP contribution in [-0.4, -0.2) is 5.91 Å². The molecule has 0 saturated heterocycles. The molecule has 0 aliphatic carbocycles. The predicted molar refractivity (Wildman–Crippen MR) is 87.0 cm³/mol. The summed E-state index contributed by atoms with van der Waals surface area (Å²) in [4.78, 5) is 11.1. The van der Waals surface area contributed by atoms with Crippen LogP contribution < -0.4 is 10.6 Å². The summed E-state index contributed by atoms with van der Waals surface area (Å²) in [5.74, 6) is -0.0522. The van der Waals surface area contributed by atoms with Crippen molar-refractivity contribution in [1.82, 2.24) is 0 Å². The highest BCUT2D eigenvalue weighted by Crippen LogP contribution is 2.20. The maximum atomic E-state index is 11.1. The molecule has 0 aliphatic rings. The first kappa shape index (κ1) is 14.6. The second-order valence-corrected chi connectivity index (χ2v) is 5.61.